The lowest BCUT2D eigenvalue weighted by atomic mass is 9.73. The fraction of sp³-hybridized carbons (Fsp3) is 0.600. The van der Waals surface area contributed by atoms with Gasteiger partial charge in [-0.1, -0.05) is 0 Å². The van der Waals surface area contributed by atoms with Crippen molar-refractivity contribution in [1.82, 2.24) is 15.1 Å². The van der Waals surface area contributed by atoms with Crippen LogP contribution in [0.4, 0.5) is 0 Å². The van der Waals surface area contributed by atoms with Crippen molar-refractivity contribution in [3.63, 3.8) is 0 Å². The van der Waals surface area contributed by atoms with Crippen LogP contribution in [-0.2, 0) is 11.8 Å². The lowest BCUT2D eigenvalue weighted by molar-refractivity contribution is -0.143. The summed E-state index contributed by atoms with van der Waals surface area (Å²) in [5.74, 6) is 0.116. The lowest BCUT2D eigenvalue weighted by Crippen LogP contribution is -2.58. The van der Waals surface area contributed by atoms with Crippen LogP contribution in [0.2, 0.25) is 0 Å². The third-order valence-electron chi connectivity index (χ3n) is 3.17. The van der Waals surface area contributed by atoms with E-state index in [-0.39, 0.29) is 17.4 Å². The molecule has 2 rings (SSSR count). The molecule has 1 unspecified atom stereocenters. The van der Waals surface area contributed by atoms with Crippen LogP contribution in [0.1, 0.15) is 31.1 Å². The molecule has 1 aliphatic rings. The lowest BCUT2D eigenvalue weighted by Gasteiger charge is -2.43. The summed E-state index contributed by atoms with van der Waals surface area (Å²) in [5, 5.41) is 7.09. The van der Waals surface area contributed by atoms with E-state index in [0.29, 0.717) is 0 Å². The van der Waals surface area contributed by atoms with Crippen LogP contribution in [0.5, 0.6) is 0 Å². The molecule has 1 amide bonds. The number of rotatable bonds is 1. The maximum absolute atomic E-state index is 11.3. The summed E-state index contributed by atoms with van der Waals surface area (Å²) in [7, 11) is 1.91. The van der Waals surface area contributed by atoms with E-state index < -0.39 is 0 Å². The molecule has 4 heteroatoms. The Bertz CT molecular complexity index is 392. The van der Waals surface area contributed by atoms with E-state index in [9.17, 15) is 4.79 Å². The van der Waals surface area contributed by atoms with Crippen molar-refractivity contribution < 1.29 is 4.79 Å². The van der Waals surface area contributed by atoms with Gasteiger partial charge in [-0.2, -0.15) is 5.10 Å². The molecule has 1 N–H and O–H groups in total. The second-order valence-corrected chi connectivity index (χ2v) is 4.44. The topological polar surface area (TPSA) is 46.9 Å². The molecule has 0 saturated carbocycles. The van der Waals surface area contributed by atoms with Crippen LogP contribution < -0.4 is 5.32 Å². The number of aromatic nitrogens is 2. The number of β-lactam (4-membered cyclic amide) rings is 1. The van der Waals surface area contributed by atoms with E-state index >= 15 is 0 Å². The van der Waals surface area contributed by atoms with Gasteiger partial charge in [0.15, 0.2) is 0 Å². The van der Waals surface area contributed by atoms with E-state index in [1.807, 2.05) is 38.7 Å². The Balaban J connectivity index is 2.35. The SMILES string of the molecule is Cc1c(C2NC(=O)C2(C)C)cnn1C. The Labute approximate surface area is 83.3 Å². The first-order chi connectivity index (χ1) is 6.44. The maximum Gasteiger partial charge on any atom is 0.228 e. The van der Waals surface area contributed by atoms with Crippen LogP contribution in [0.3, 0.4) is 0 Å². The molecule has 0 aromatic carbocycles. The number of amides is 1. The van der Waals surface area contributed by atoms with Gasteiger partial charge in [-0.3, -0.25) is 9.48 Å². The summed E-state index contributed by atoms with van der Waals surface area (Å²) in [6.07, 6.45) is 1.83. The van der Waals surface area contributed by atoms with Gasteiger partial charge < -0.3 is 5.32 Å². The van der Waals surface area contributed by atoms with E-state index in [4.69, 9.17) is 0 Å². The minimum Gasteiger partial charge on any atom is -0.348 e. The fourth-order valence-corrected chi connectivity index (χ4v) is 1.82. The average molecular weight is 193 g/mol. The third kappa shape index (κ3) is 0.997. The molecule has 4 nitrogen and oxygen atoms in total. The van der Waals surface area contributed by atoms with Crippen LogP contribution in [0, 0.1) is 12.3 Å². The molecular weight excluding hydrogens is 178 g/mol. The van der Waals surface area contributed by atoms with E-state index in [1.165, 1.54) is 0 Å². The largest absolute Gasteiger partial charge is 0.348 e. The van der Waals surface area contributed by atoms with E-state index in [2.05, 4.69) is 10.4 Å². The van der Waals surface area contributed by atoms with Crippen molar-refractivity contribution in [2.75, 3.05) is 0 Å². The Morgan fingerprint density at radius 2 is 2.21 bits per heavy atom. The molecule has 0 spiro atoms. The van der Waals surface area contributed by atoms with Gasteiger partial charge >= 0.3 is 0 Å². The zero-order valence-electron chi connectivity index (χ0n) is 8.96. The molecule has 0 radical (unpaired) electrons. The highest BCUT2D eigenvalue weighted by molar-refractivity contribution is 5.89. The molecule has 0 aliphatic carbocycles. The summed E-state index contributed by atoms with van der Waals surface area (Å²) < 4.78 is 1.83. The first-order valence-corrected chi connectivity index (χ1v) is 4.74. The second-order valence-electron chi connectivity index (χ2n) is 4.44. The van der Waals surface area contributed by atoms with Crippen LogP contribution in [0.25, 0.3) is 0 Å². The average Bonchev–Trinajstić information content (AvgIpc) is 2.44. The summed E-state index contributed by atoms with van der Waals surface area (Å²) in [6.45, 7) is 5.94. The maximum atomic E-state index is 11.3. The molecule has 0 bridgehead atoms. The Morgan fingerprint density at radius 3 is 2.57 bits per heavy atom. The highest BCUT2D eigenvalue weighted by Gasteiger charge is 2.48. The molecule has 2 heterocycles. The van der Waals surface area contributed by atoms with E-state index in [1.54, 1.807) is 0 Å². The van der Waals surface area contributed by atoms with Crippen LogP contribution in [0.15, 0.2) is 6.20 Å². The molecule has 1 saturated heterocycles. The Morgan fingerprint density at radius 1 is 1.57 bits per heavy atom. The normalized spacial score (nSPS) is 24.3. The number of carbonyl (C=O) groups excluding carboxylic acids is 1. The van der Waals surface area contributed by atoms with Gasteiger partial charge in [-0.25, -0.2) is 0 Å². The van der Waals surface area contributed by atoms with Gasteiger partial charge in [-0.15, -0.1) is 0 Å². The zero-order chi connectivity index (χ0) is 10.5. The molecule has 1 aliphatic heterocycles. The third-order valence-corrected chi connectivity index (χ3v) is 3.17. The Kier molecular flexibility index (Phi) is 1.71. The van der Waals surface area contributed by atoms with Gasteiger partial charge in [0, 0.05) is 18.3 Å². The van der Waals surface area contributed by atoms with Crippen LogP contribution in [-0.4, -0.2) is 15.7 Å². The van der Waals surface area contributed by atoms with Gasteiger partial charge in [0.05, 0.1) is 17.7 Å². The van der Waals surface area contributed by atoms with Crippen molar-refractivity contribution in [2.24, 2.45) is 12.5 Å². The van der Waals surface area contributed by atoms with Gasteiger partial charge in [0.1, 0.15) is 0 Å². The quantitative estimate of drug-likeness (QED) is 0.674. The van der Waals surface area contributed by atoms with Crippen molar-refractivity contribution in [2.45, 2.75) is 26.8 Å². The van der Waals surface area contributed by atoms with Crippen molar-refractivity contribution in [1.29, 1.82) is 0 Å². The first kappa shape index (κ1) is 9.24. The summed E-state index contributed by atoms with van der Waals surface area (Å²) in [5.41, 5.74) is 1.94. The molecule has 76 valence electrons. The van der Waals surface area contributed by atoms with Crippen molar-refractivity contribution >= 4 is 5.91 Å². The highest BCUT2D eigenvalue weighted by Crippen LogP contribution is 2.42. The standard InChI is InChI=1S/C10H15N3O/c1-6-7(5-11-13(6)4)8-10(2,3)9(14)12-8/h5,8H,1-4H3,(H,12,14). The number of nitrogens with zero attached hydrogens (tertiary/aromatic N) is 2. The second kappa shape index (κ2) is 2.59. The Hall–Kier alpha value is -1.32. The molecule has 14 heavy (non-hydrogen) atoms. The highest BCUT2D eigenvalue weighted by atomic mass is 16.2. The number of hydrogen-bond acceptors (Lipinski definition) is 2. The molecule has 1 aromatic heterocycles. The summed E-state index contributed by atoms with van der Waals surface area (Å²) in [6, 6.07) is 0.115. The monoisotopic (exact) mass is 193 g/mol. The number of hydrogen-bond donors (Lipinski definition) is 1. The summed E-state index contributed by atoms with van der Waals surface area (Å²) in [4.78, 5) is 11.3. The van der Waals surface area contributed by atoms with Gasteiger partial charge in [0.2, 0.25) is 5.91 Å². The van der Waals surface area contributed by atoms with E-state index in [0.717, 1.165) is 11.3 Å². The van der Waals surface area contributed by atoms with Crippen molar-refractivity contribution in [3.05, 3.63) is 17.5 Å². The predicted octanol–water partition coefficient (Wildman–Crippen LogP) is 0.926. The molecular formula is C10H15N3O. The molecule has 1 aromatic rings. The fourth-order valence-electron chi connectivity index (χ4n) is 1.82. The minimum absolute atomic E-state index is 0.115. The number of nitrogens with one attached hydrogen (secondary N) is 1. The molecule has 1 atom stereocenters. The van der Waals surface area contributed by atoms with Gasteiger partial charge in [-0.05, 0) is 20.8 Å². The minimum atomic E-state index is -0.298. The molecule has 1 fully saturated rings. The predicted molar refractivity (Wildman–Crippen MR) is 52.6 cm³/mol. The van der Waals surface area contributed by atoms with Crippen LogP contribution >= 0.6 is 0 Å². The van der Waals surface area contributed by atoms with Gasteiger partial charge in [0.25, 0.3) is 0 Å². The first-order valence-electron chi connectivity index (χ1n) is 4.74. The smallest absolute Gasteiger partial charge is 0.228 e. The number of carbonyl (C=O) groups is 1. The zero-order valence-corrected chi connectivity index (χ0v) is 8.96. The number of aryl methyl sites for hydroxylation is 1. The summed E-state index contributed by atoms with van der Waals surface area (Å²) >= 11 is 0. The van der Waals surface area contributed by atoms with Crippen molar-refractivity contribution in [3.8, 4) is 0 Å².